The lowest BCUT2D eigenvalue weighted by atomic mass is 9.95. The van der Waals surface area contributed by atoms with E-state index in [-0.39, 0.29) is 5.91 Å². The van der Waals surface area contributed by atoms with E-state index in [9.17, 15) is 4.79 Å². The van der Waals surface area contributed by atoms with Crippen LogP contribution in [0.15, 0.2) is 11.6 Å². The van der Waals surface area contributed by atoms with Crippen LogP contribution in [-0.4, -0.2) is 5.91 Å². The zero-order valence-corrected chi connectivity index (χ0v) is 9.13. The number of primary amides is 1. The van der Waals surface area contributed by atoms with Crippen LogP contribution >= 0.6 is 0 Å². The summed E-state index contributed by atoms with van der Waals surface area (Å²) in [6.07, 6.45) is 3.53. The molecule has 0 aliphatic carbocycles. The van der Waals surface area contributed by atoms with Gasteiger partial charge in [-0.2, -0.15) is 0 Å². The van der Waals surface area contributed by atoms with Gasteiger partial charge in [0.25, 0.3) is 0 Å². The second-order valence-electron chi connectivity index (χ2n) is 4.40. The van der Waals surface area contributed by atoms with Gasteiger partial charge in [0.05, 0.1) is 0 Å². The number of hydrogen-bond acceptors (Lipinski definition) is 1. The fourth-order valence-electron chi connectivity index (χ4n) is 1.45. The first-order chi connectivity index (χ1) is 5.91. The minimum Gasteiger partial charge on any atom is -0.366 e. The van der Waals surface area contributed by atoms with Crippen molar-refractivity contribution in [2.75, 3.05) is 0 Å². The molecule has 1 amide bonds. The van der Waals surface area contributed by atoms with E-state index >= 15 is 0 Å². The third-order valence-electron chi connectivity index (χ3n) is 1.69. The molecule has 0 aromatic heterocycles. The molecule has 0 fully saturated rings. The van der Waals surface area contributed by atoms with Crippen LogP contribution < -0.4 is 5.73 Å². The minimum absolute atomic E-state index is 0.323. The highest BCUT2D eigenvalue weighted by Gasteiger charge is 2.05. The number of hydrogen-bond donors (Lipinski definition) is 1. The molecule has 13 heavy (non-hydrogen) atoms. The second kappa shape index (κ2) is 5.79. The average Bonchev–Trinajstić information content (AvgIpc) is 1.80. The zero-order valence-electron chi connectivity index (χ0n) is 9.13. The summed E-state index contributed by atoms with van der Waals surface area (Å²) in [5.41, 5.74) is 6.31. The average molecular weight is 183 g/mol. The topological polar surface area (TPSA) is 43.1 Å². The Morgan fingerprint density at radius 1 is 1.15 bits per heavy atom. The number of rotatable bonds is 5. The summed E-state index contributed by atoms with van der Waals surface area (Å²) in [5.74, 6) is 0.852. The van der Waals surface area contributed by atoms with Crippen LogP contribution in [0.5, 0.6) is 0 Å². The van der Waals surface area contributed by atoms with Crippen molar-refractivity contribution in [2.45, 2.75) is 40.5 Å². The number of nitrogens with two attached hydrogens (primary N) is 1. The maximum atomic E-state index is 10.7. The van der Waals surface area contributed by atoms with Crippen molar-refractivity contribution in [3.8, 4) is 0 Å². The van der Waals surface area contributed by atoms with E-state index in [1.54, 1.807) is 6.08 Å². The van der Waals surface area contributed by atoms with Gasteiger partial charge in [-0.05, 0) is 24.7 Å². The maximum Gasteiger partial charge on any atom is 0.241 e. The van der Waals surface area contributed by atoms with E-state index in [4.69, 9.17) is 5.73 Å². The Morgan fingerprint density at radius 2 is 1.54 bits per heavy atom. The number of carbonyl (C=O) groups excluding carboxylic acids is 1. The number of allylic oxidation sites excluding steroid dienone is 1. The summed E-state index contributed by atoms with van der Waals surface area (Å²) in [6, 6.07) is 0. The van der Waals surface area contributed by atoms with Gasteiger partial charge in [-0.25, -0.2) is 0 Å². The first-order valence-corrected chi connectivity index (χ1v) is 4.90. The zero-order chi connectivity index (χ0) is 10.4. The minimum atomic E-state index is -0.323. The van der Waals surface area contributed by atoms with Gasteiger partial charge in [-0.15, -0.1) is 0 Å². The van der Waals surface area contributed by atoms with E-state index in [1.165, 1.54) is 5.57 Å². The van der Waals surface area contributed by atoms with E-state index in [2.05, 4.69) is 27.7 Å². The van der Waals surface area contributed by atoms with E-state index in [1.807, 2.05) is 0 Å². The van der Waals surface area contributed by atoms with Crippen molar-refractivity contribution in [2.24, 2.45) is 17.6 Å². The summed E-state index contributed by atoms with van der Waals surface area (Å²) in [7, 11) is 0. The molecule has 0 saturated carbocycles. The first kappa shape index (κ1) is 12.2. The van der Waals surface area contributed by atoms with Crippen molar-refractivity contribution in [1.82, 2.24) is 0 Å². The van der Waals surface area contributed by atoms with Crippen LogP contribution in [-0.2, 0) is 4.79 Å². The lowest BCUT2D eigenvalue weighted by Gasteiger charge is -2.11. The highest BCUT2D eigenvalue weighted by Crippen LogP contribution is 2.18. The van der Waals surface area contributed by atoms with Gasteiger partial charge >= 0.3 is 0 Å². The van der Waals surface area contributed by atoms with E-state index in [0.29, 0.717) is 11.8 Å². The van der Waals surface area contributed by atoms with Gasteiger partial charge in [-0.3, -0.25) is 4.79 Å². The van der Waals surface area contributed by atoms with E-state index < -0.39 is 0 Å². The van der Waals surface area contributed by atoms with Crippen molar-refractivity contribution in [1.29, 1.82) is 0 Å². The predicted octanol–water partition coefficient (Wildman–Crippen LogP) is 2.49. The van der Waals surface area contributed by atoms with Crippen molar-refractivity contribution < 1.29 is 4.79 Å². The molecule has 0 aliphatic rings. The molecule has 0 atom stereocenters. The van der Waals surface area contributed by atoms with Crippen LogP contribution in [0.2, 0.25) is 0 Å². The fourth-order valence-corrected chi connectivity index (χ4v) is 1.45. The molecule has 0 unspecified atom stereocenters. The summed E-state index contributed by atoms with van der Waals surface area (Å²) in [5, 5.41) is 0. The monoisotopic (exact) mass is 183 g/mol. The largest absolute Gasteiger partial charge is 0.366 e. The Labute approximate surface area is 81.2 Å². The van der Waals surface area contributed by atoms with Crippen molar-refractivity contribution in [3.63, 3.8) is 0 Å². The highest BCUT2D eigenvalue weighted by molar-refractivity contribution is 5.86. The molecule has 0 aliphatic heterocycles. The van der Waals surface area contributed by atoms with Crippen molar-refractivity contribution in [3.05, 3.63) is 11.6 Å². The molecule has 2 N–H and O–H groups in total. The quantitative estimate of drug-likeness (QED) is 0.654. The van der Waals surface area contributed by atoms with Gasteiger partial charge in [0.1, 0.15) is 0 Å². The molecule has 0 aromatic rings. The molecular weight excluding hydrogens is 162 g/mol. The maximum absolute atomic E-state index is 10.7. The molecule has 0 rings (SSSR count). The number of amides is 1. The molecule has 2 nitrogen and oxygen atoms in total. The Balaban J connectivity index is 4.27. The van der Waals surface area contributed by atoms with Gasteiger partial charge in [-0.1, -0.05) is 33.3 Å². The van der Waals surface area contributed by atoms with Gasteiger partial charge in [0.15, 0.2) is 0 Å². The third kappa shape index (κ3) is 7.57. The summed E-state index contributed by atoms with van der Waals surface area (Å²) in [6.45, 7) is 8.59. The van der Waals surface area contributed by atoms with Crippen LogP contribution in [0.3, 0.4) is 0 Å². The van der Waals surface area contributed by atoms with Crippen LogP contribution in [0.1, 0.15) is 40.5 Å². The molecule has 0 saturated heterocycles. The Bertz CT molecular complexity index is 180. The Morgan fingerprint density at radius 3 is 1.77 bits per heavy atom. The highest BCUT2D eigenvalue weighted by atomic mass is 16.1. The SMILES string of the molecule is CC(C)CC(=CC(N)=O)CC(C)C. The fraction of sp³-hybridized carbons (Fsp3) is 0.727. The van der Waals surface area contributed by atoms with Crippen LogP contribution in [0, 0.1) is 11.8 Å². The molecule has 2 heteroatoms. The van der Waals surface area contributed by atoms with Gasteiger partial charge in [0, 0.05) is 6.08 Å². The summed E-state index contributed by atoms with van der Waals surface area (Å²) >= 11 is 0. The molecule has 0 spiro atoms. The lowest BCUT2D eigenvalue weighted by molar-refractivity contribution is -0.113. The Hall–Kier alpha value is -0.790. The molecule has 0 heterocycles. The predicted molar refractivity (Wildman–Crippen MR) is 56.2 cm³/mol. The van der Waals surface area contributed by atoms with Gasteiger partial charge < -0.3 is 5.73 Å². The molecular formula is C11H21NO. The summed E-state index contributed by atoms with van der Waals surface area (Å²) < 4.78 is 0. The summed E-state index contributed by atoms with van der Waals surface area (Å²) in [4.78, 5) is 10.7. The second-order valence-corrected chi connectivity index (χ2v) is 4.40. The van der Waals surface area contributed by atoms with Crippen molar-refractivity contribution >= 4 is 5.91 Å². The third-order valence-corrected chi connectivity index (χ3v) is 1.69. The lowest BCUT2D eigenvalue weighted by Crippen LogP contribution is -2.09. The normalized spacial score (nSPS) is 10.6. The van der Waals surface area contributed by atoms with Crippen LogP contribution in [0.4, 0.5) is 0 Å². The molecule has 0 radical (unpaired) electrons. The standard InChI is InChI=1S/C11H21NO/c1-8(2)5-10(6-9(3)4)7-11(12)13/h7-9H,5-6H2,1-4H3,(H2,12,13). The smallest absolute Gasteiger partial charge is 0.241 e. The van der Waals surface area contributed by atoms with E-state index in [0.717, 1.165) is 12.8 Å². The van der Waals surface area contributed by atoms with Gasteiger partial charge in [0.2, 0.25) is 5.91 Å². The molecule has 0 bridgehead atoms. The number of carbonyl (C=O) groups is 1. The Kier molecular flexibility index (Phi) is 5.44. The molecule has 0 aromatic carbocycles. The van der Waals surface area contributed by atoms with Crippen LogP contribution in [0.25, 0.3) is 0 Å². The molecule has 76 valence electrons. The first-order valence-electron chi connectivity index (χ1n) is 4.90.